The highest BCUT2D eigenvalue weighted by atomic mass is 16.6. The molecule has 0 aromatic heterocycles. The van der Waals surface area contributed by atoms with Gasteiger partial charge < -0.3 is 24.6 Å². The zero-order valence-corrected chi connectivity index (χ0v) is 14.7. The van der Waals surface area contributed by atoms with Gasteiger partial charge in [0.2, 0.25) is 0 Å². The van der Waals surface area contributed by atoms with Gasteiger partial charge >= 0.3 is 18.0 Å². The minimum Gasteiger partial charge on any atom is -0.467 e. The molecule has 1 atom stereocenters. The van der Waals surface area contributed by atoms with Crippen LogP contribution in [0.2, 0.25) is 0 Å². The van der Waals surface area contributed by atoms with Crippen LogP contribution >= 0.6 is 0 Å². The summed E-state index contributed by atoms with van der Waals surface area (Å²) in [5.74, 6) is -1.52. The predicted octanol–water partition coefficient (Wildman–Crippen LogP) is 1.40. The number of aliphatic hydroxyl groups excluding tert-OH is 1. The summed E-state index contributed by atoms with van der Waals surface area (Å²) in [4.78, 5) is 35.7. The van der Waals surface area contributed by atoms with Crippen molar-refractivity contribution in [3.63, 3.8) is 0 Å². The van der Waals surface area contributed by atoms with Gasteiger partial charge in [-0.25, -0.2) is 14.4 Å². The zero-order valence-electron chi connectivity index (χ0n) is 14.7. The second kappa shape index (κ2) is 9.03. The first kappa shape index (κ1) is 20.4. The number of rotatable bonds is 6. The Bertz CT molecular complexity index is 622. The molecule has 1 aromatic rings. The number of aliphatic hydroxyl groups is 1. The van der Waals surface area contributed by atoms with Gasteiger partial charge in [0.1, 0.15) is 12.2 Å². The molecule has 2 N–H and O–H groups in total. The molecule has 25 heavy (non-hydrogen) atoms. The topological polar surface area (TPSA) is 111 Å². The van der Waals surface area contributed by atoms with Crippen LogP contribution in [0.1, 0.15) is 36.7 Å². The van der Waals surface area contributed by atoms with Crippen LogP contribution in [0.5, 0.6) is 0 Å². The second-order valence-corrected chi connectivity index (χ2v) is 6.14. The van der Waals surface area contributed by atoms with Crippen molar-refractivity contribution < 1.29 is 33.7 Å². The number of alkyl carbamates (subject to hydrolysis) is 1. The van der Waals surface area contributed by atoms with Gasteiger partial charge in [0.25, 0.3) is 0 Å². The van der Waals surface area contributed by atoms with Gasteiger partial charge in [-0.3, -0.25) is 0 Å². The fourth-order valence-electron chi connectivity index (χ4n) is 1.85. The molecule has 0 aliphatic rings. The Labute approximate surface area is 146 Å². The number of ether oxygens (including phenoxy) is 3. The summed E-state index contributed by atoms with van der Waals surface area (Å²) in [6, 6.07) is 5.14. The summed E-state index contributed by atoms with van der Waals surface area (Å²) in [5, 5.41) is 11.5. The fourth-order valence-corrected chi connectivity index (χ4v) is 1.85. The number of nitrogens with one attached hydrogen (secondary N) is 1. The summed E-state index contributed by atoms with van der Waals surface area (Å²) in [7, 11) is 1.15. The molecular formula is C17H23NO7. The Hall–Kier alpha value is -2.61. The van der Waals surface area contributed by atoms with E-state index in [-0.39, 0.29) is 12.2 Å². The van der Waals surface area contributed by atoms with Crippen LogP contribution in [0.15, 0.2) is 24.3 Å². The lowest BCUT2D eigenvalue weighted by Gasteiger charge is -2.22. The zero-order chi connectivity index (χ0) is 19.0. The summed E-state index contributed by atoms with van der Waals surface area (Å²) >= 11 is 0. The highest BCUT2D eigenvalue weighted by molar-refractivity contribution is 5.91. The molecule has 1 amide bonds. The van der Waals surface area contributed by atoms with E-state index in [2.05, 4.69) is 10.1 Å². The number of carbonyl (C=O) groups excluding carboxylic acids is 3. The van der Waals surface area contributed by atoms with Gasteiger partial charge in [0.05, 0.1) is 19.3 Å². The van der Waals surface area contributed by atoms with E-state index in [4.69, 9.17) is 9.47 Å². The van der Waals surface area contributed by atoms with Crippen molar-refractivity contribution >= 4 is 18.0 Å². The van der Waals surface area contributed by atoms with E-state index in [9.17, 15) is 19.5 Å². The molecular weight excluding hydrogens is 330 g/mol. The molecule has 8 nitrogen and oxygen atoms in total. The summed E-state index contributed by atoms with van der Waals surface area (Å²) in [6.07, 6.45) is -0.838. The van der Waals surface area contributed by atoms with Crippen LogP contribution in [0.3, 0.4) is 0 Å². The molecule has 0 fully saturated rings. The Morgan fingerprint density at radius 1 is 1.20 bits per heavy atom. The molecule has 138 valence electrons. The average Bonchev–Trinajstić information content (AvgIpc) is 2.55. The van der Waals surface area contributed by atoms with E-state index in [1.807, 2.05) is 0 Å². The molecule has 0 bridgehead atoms. The van der Waals surface area contributed by atoms with E-state index < -0.39 is 36.3 Å². The predicted molar refractivity (Wildman–Crippen MR) is 87.8 cm³/mol. The van der Waals surface area contributed by atoms with Crippen molar-refractivity contribution in [2.45, 2.75) is 39.0 Å². The maximum absolute atomic E-state index is 12.1. The lowest BCUT2D eigenvalue weighted by atomic mass is 10.1. The first-order valence-electron chi connectivity index (χ1n) is 7.61. The van der Waals surface area contributed by atoms with Crippen LogP contribution in [0.25, 0.3) is 0 Å². The highest BCUT2D eigenvalue weighted by Gasteiger charge is 2.27. The lowest BCUT2D eigenvalue weighted by molar-refractivity contribution is -0.144. The van der Waals surface area contributed by atoms with E-state index >= 15 is 0 Å². The van der Waals surface area contributed by atoms with Crippen LogP contribution in [-0.2, 0) is 25.6 Å². The Balaban J connectivity index is 2.74. The number of hydrogen-bond acceptors (Lipinski definition) is 7. The average molecular weight is 353 g/mol. The second-order valence-electron chi connectivity index (χ2n) is 6.14. The Morgan fingerprint density at radius 3 is 2.40 bits per heavy atom. The molecule has 0 spiro atoms. The number of esters is 2. The van der Waals surface area contributed by atoms with E-state index in [0.29, 0.717) is 5.56 Å². The minimum absolute atomic E-state index is 0.172. The largest absolute Gasteiger partial charge is 0.467 e. The first-order chi connectivity index (χ1) is 11.7. The van der Waals surface area contributed by atoms with Crippen LogP contribution in [-0.4, -0.2) is 48.5 Å². The van der Waals surface area contributed by atoms with Crippen molar-refractivity contribution in [1.29, 1.82) is 0 Å². The molecule has 1 rings (SSSR count). The molecule has 0 heterocycles. The maximum atomic E-state index is 12.1. The highest BCUT2D eigenvalue weighted by Crippen LogP contribution is 2.11. The third-order valence-electron chi connectivity index (χ3n) is 2.97. The molecule has 8 heteroatoms. The first-order valence-corrected chi connectivity index (χ1v) is 7.61. The standard InChI is InChI=1S/C17H23NO7/c1-17(2,3)25-16(22)18-13(15(21)23-4)10-24-14(20)12-8-6-5-7-11(12)9-19/h5-8,13,19H,9-10H2,1-4H3,(H,18,22)/t13-/m0/s1. The van der Waals surface area contributed by atoms with E-state index in [0.717, 1.165) is 7.11 Å². The lowest BCUT2D eigenvalue weighted by Crippen LogP contribution is -2.47. The third kappa shape index (κ3) is 6.80. The number of methoxy groups -OCH3 is 1. The SMILES string of the molecule is COC(=O)[C@H](COC(=O)c1ccccc1CO)NC(=O)OC(C)(C)C. The molecule has 1 aromatic carbocycles. The number of hydrogen-bond donors (Lipinski definition) is 2. The van der Waals surface area contributed by atoms with Gasteiger partial charge in [0, 0.05) is 0 Å². The van der Waals surface area contributed by atoms with Crippen molar-refractivity contribution in [3.05, 3.63) is 35.4 Å². The quantitative estimate of drug-likeness (QED) is 0.587. The normalized spacial score (nSPS) is 12.0. The Kier molecular flexibility index (Phi) is 7.38. The number of amides is 1. The summed E-state index contributed by atoms with van der Waals surface area (Å²) in [5.41, 5.74) is -0.185. The number of carbonyl (C=O) groups is 3. The van der Waals surface area contributed by atoms with E-state index in [1.165, 1.54) is 6.07 Å². The van der Waals surface area contributed by atoms with Crippen molar-refractivity contribution in [3.8, 4) is 0 Å². The molecule has 0 saturated heterocycles. The minimum atomic E-state index is -1.22. The Morgan fingerprint density at radius 2 is 1.84 bits per heavy atom. The van der Waals surface area contributed by atoms with Crippen molar-refractivity contribution in [1.82, 2.24) is 5.32 Å². The molecule has 0 aliphatic carbocycles. The van der Waals surface area contributed by atoms with E-state index in [1.54, 1.807) is 39.0 Å². The van der Waals surface area contributed by atoms with Gasteiger partial charge in [0.15, 0.2) is 6.04 Å². The van der Waals surface area contributed by atoms with Gasteiger partial charge in [-0.15, -0.1) is 0 Å². The molecule has 0 radical (unpaired) electrons. The summed E-state index contributed by atoms with van der Waals surface area (Å²) < 4.78 is 14.7. The summed E-state index contributed by atoms with van der Waals surface area (Å²) in [6.45, 7) is 4.25. The third-order valence-corrected chi connectivity index (χ3v) is 2.97. The van der Waals surface area contributed by atoms with Crippen LogP contribution in [0.4, 0.5) is 4.79 Å². The van der Waals surface area contributed by atoms with Gasteiger partial charge in [-0.1, -0.05) is 18.2 Å². The molecule has 0 saturated carbocycles. The van der Waals surface area contributed by atoms with Gasteiger partial charge in [-0.05, 0) is 32.4 Å². The molecule has 0 unspecified atom stereocenters. The smallest absolute Gasteiger partial charge is 0.408 e. The monoisotopic (exact) mass is 353 g/mol. The molecule has 0 aliphatic heterocycles. The van der Waals surface area contributed by atoms with Crippen molar-refractivity contribution in [2.75, 3.05) is 13.7 Å². The van der Waals surface area contributed by atoms with Gasteiger partial charge in [-0.2, -0.15) is 0 Å². The fraction of sp³-hybridized carbons (Fsp3) is 0.471. The van der Waals surface area contributed by atoms with Crippen LogP contribution < -0.4 is 5.32 Å². The number of benzene rings is 1. The van der Waals surface area contributed by atoms with Crippen molar-refractivity contribution in [2.24, 2.45) is 0 Å². The maximum Gasteiger partial charge on any atom is 0.408 e. The van der Waals surface area contributed by atoms with Crippen LogP contribution in [0, 0.1) is 0 Å².